The number of aryl methyl sites for hydroxylation is 1. The normalized spacial score (nSPS) is 25.6. The molecule has 2 saturated heterocycles. The third kappa shape index (κ3) is 2.73. The van der Waals surface area contributed by atoms with Crippen molar-refractivity contribution in [2.45, 2.75) is 13.3 Å². The van der Waals surface area contributed by atoms with E-state index in [1.165, 1.54) is 0 Å². The van der Waals surface area contributed by atoms with Crippen molar-refractivity contribution in [3.8, 4) is 11.3 Å². The molecule has 9 heteroatoms. The van der Waals surface area contributed by atoms with E-state index in [0.29, 0.717) is 18.8 Å². The van der Waals surface area contributed by atoms with Crippen LogP contribution >= 0.6 is 0 Å². The van der Waals surface area contributed by atoms with Crippen LogP contribution in [0.5, 0.6) is 0 Å². The molecule has 9 nitrogen and oxygen atoms in total. The second-order valence-corrected chi connectivity index (χ2v) is 7.71. The van der Waals surface area contributed by atoms with E-state index in [1.807, 2.05) is 25.9 Å². The number of amides is 1. The van der Waals surface area contributed by atoms with Crippen LogP contribution in [0.4, 0.5) is 0 Å². The van der Waals surface area contributed by atoms with Crippen LogP contribution in [-0.2, 0) is 11.8 Å². The lowest BCUT2D eigenvalue weighted by atomic mass is 9.73. The maximum atomic E-state index is 12.9. The number of nitrogens with zero attached hydrogens (tertiary/aromatic N) is 5. The van der Waals surface area contributed by atoms with E-state index >= 15 is 0 Å². The molecule has 2 atom stereocenters. The molecule has 2 aromatic rings. The molecule has 1 N–H and O–H groups in total. The highest BCUT2D eigenvalue weighted by molar-refractivity contribution is 5.94. The summed E-state index contributed by atoms with van der Waals surface area (Å²) in [6.07, 6.45) is 2.44. The lowest BCUT2D eigenvalue weighted by Gasteiger charge is -2.39. The molecular formula is C18H23N5O4. The first-order valence-electron chi connectivity index (χ1n) is 8.99. The highest BCUT2D eigenvalue weighted by Crippen LogP contribution is 2.42. The molecule has 2 aliphatic heterocycles. The number of rotatable bonds is 3. The zero-order valence-corrected chi connectivity index (χ0v) is 15.7. The van der Waals surface area contributed by atoms with Crippen LogP contribution in [0.25, 0.3) is 11.3 Å². The molecule has 0 aromatic carbocycles. The van der Waals surface area contributed by atoms with E-state index in [9.17, 15) is 14.7 Å². The van der Waals surface area contributed by atoms with Gasteiger partial charge >= 0.3 is 5.97 Å². The molecule has 1 amide bonds. The first kappa shape index (κ1) is 17.7. The molecule has 4 heterocycles. The van der Waals surface area contributed by atoms with Gasteiger partial charge in [0.05, 0.1) is 11.8 Å². The van der Waals surface area contributed by atoms with Gasteiger partial charge in [0, 0.05) is 38.4 Å². The Morgan fingerprint density at radius 3 is 2.78 bits per heavy atom. The quantitative estimate of drug-likeness (QED) is 0.851. The van der Waals surface area contributed by atoms with E-state index in [2.05, 4.69) is 10.3 Å². The Balaban J connectivity index is 1.57. The molecule has 0 saturated carbocycles. The molecule has 4 rings (SSSR count). The number of carbonyl (C=O) groups is 2. The van der Waals surface area contributed by atoms with Gasteiger partial charge < -0.3 is 19.4 Å². The number of fused-ring (bicyclic) bond motifs is 1. The summed E-state index contributed by atoms with van der Waals surface area (Å²) < 4.78 is 7.08. The minimum atomic E-state index is -0.908. The molecular weight excluding hydrogens is 350 g/mol. The van der Waals surface area contributed by atoms with Gasteiger partial charge in [-0.15, -0.1) is 0 Å². The Bertz CT molecular complexity index is 903. The second-order valence-electron chi connectivity index (χ2n) is 7.71. The highest BCUT2D eigenvalue weighted by Gasteiger charge is 2.55. The molecule has 0 spiro atoms. The van der Waals surface area contributed by atoms with Crippen molar-refractivity contribution < 1.29 is 19.2 Å². The summed E-state index contributed by atoms with van der Waals surface area (Å²) in [4.78, 5) is 28.6. The van der Waals surface area contributed by atoms with Gasteiger partial charge in [-0.3, -0.25) is 14.3 Å². The monoisotopic (exact) mass is 373 g/mol. The van der Waals surface area contributed by atoms with Crippen molar-refractivity contribution in [2.75, 3.05) is 33.2 Å². The summed E-state index contributed by atoms with van der Waals surface area (Å²) in [7, 11) is 3.75. The minimum Gasteiger partial charge on any atom is -0.481 e. The Morgan fingerprint density at radius 1 is 1.33 bits per heavy atom. The highest BCUT2D eigenvalue weighted by atomic mass is 16.5. The molecule has 144 valence electrons. The van der Waals surface area contributed by atoms with E-state index in [-0.39, 0.29) is 24.1 Å². The summed E-state index contributed by atoms with van der Waals surface area (Å²) in [5.74, 6) is -0.680. The van der Waals surface area contributed by atoms with E-state index in [4.69, 9.17) is 4.52 Å². The predicted molar refractivity (Wildman–Crippen MR) is 95.0 cm³/mol. The van der Waals surface area contributed by atoms with Crippen LogP contribution in [-0.4, -0.2) is 74.9 Å². The fourth-order valence-corrected chi connectivity index (χ4v) is 4.33. The topological polar surface area (TPSA) is 105 Å². The van der Waals surface area contributed by atoms with Gasteiger partial charge in [-0.1, -0.05) is 5.16 Å². The van der Waals surface area contributed by atoms with Crippen molar-refractivity contribution in [1.29, 1.82) is 0 Å². The third-order valence-electron chi connectivity index (χ3n) is 6.05. The molecule has 0 unspecified atom stereocenters. The summed E-state index contributed by atoms with van der Waals surface area (Å²) in [5.41, 5.74) is 0.976. The second kappa shape index (κ2) is 6.19. The van der Waals surface area contributed by atoms with Gasteiger partial charge in [0.2, 0.25) is 0 Å². The number of aliphatic carboxylic acids is 1. The Hall–Kier alpha value is -2.68. The summed E-state index contributed by atoms with van der Waals surface area (Å²) in [6.45, 7) is 3.84. The zero-order chi connectivity index (χ0) is 19.3. The fourth-order valence-electron chi connectivity index (χ4n) is 4.33. The predicted octanol–water partition coefficient (Wildman–Crippen LogP) is 0.862. The fraction of sp³-hybridized carbons (Fsp3) is 0.556. The van der Waals surface area contributed by atoms with Gasteiger partial charge in [0.1, 0.15) is 5.41 Å². The van der Waals surface area contributed by atoms with E-state index in [0.717, 1.165) is 24.2 Å². The van der Waals surface area contributed by atoms with Crippen molar-refractivity contribution in [1.82, 2.24) is 24.7 Å². The van der Waals surface area contributed by atoms with Crippen LogP contribution in [0.2, 0.25) is 0 Å². The lowest BCUT2D eigenvalue weighted by molar-refractivity contribution is -0.153. The van der Waals surface area contributed by atoms with Crippen molar-refractivity contribution in [3.63, 3.8) is 0 Å². The van der Waals surface area contributed by atoms with Gasteiger partial charge in [0.15, 0.2) is 11.5 Å². The number of piperidine rings is 1. The van der Waals surface area contributed by atoms with Gasteiger partial charge in [-0.2, -0.15) is 5.10 Å². The number of carboxylic acids is 1. The van der Waals surface area contributed by atoms with Gasteiger partial charge in [-0.25, -0.2) is 0 Å². The summed E-state index contributed by atoms with van der Waals surface area (Å²) in [6, 6.07) is 1.61. The largest absolute Gasteiger partial charge is 0.481 e. The Morgan fingerprint density at radius 2 is 2.11 bits per heavy atom. The maximum absolute atomic E-state index is 12.9. The minimum absolute atomic E-state index is 0.0397. The first-order chi connectivity index (χ1) is 12.8. The SMILES string of the molecule is Cc1c(-c2cc(C(=O)N3C[C@@H]4CCN(C)C[C@]4(C(=O)O)C3)no2)cnn1C. The molecule has 27 heavy (non-hydrogen) atoms. The standard InChI is InChI=1S/C18H23N5O4/c1-11-13(7-19-22(11)3)15-6-14(20-27-15)16(24)23-8-12-4-5-21(2)9-18(12,10-23)17(25)26/h6-7,12H,4-5,8-10H2,1-3H3,(H,25,26)/t12-,18-/m0/s1. The van der Waals surface area contributed by atoms with E-state index in [1.54, 1.807) is 21.8 Å². The van der Waals surface area contributed by atoms with Crippen LogP contribution in [0.3, 0.4) is 0 Å². The third-order valence-corrected chi connectivity index (χ3v) is 6.05. The van der Waals surface area contributed by atoms with E-state index < -0.39 is 11.4 Å². The van der Waals surface area contributed by atoms with Crippen molar-refractivity contribution >= 4 is 11.9 Å². The molecule has 2 aliphatic rings. The Kier molecular flexibility index (Phi) is 4.06. The number of hydrogen-bond donors (Lipinski definition) is 1. The van der Waals surface area contributed by atoms with Crippen molar-refractivity contribution in [2.24, 2.45) is 18.4 Å². The summed E-state index contributed by atoms with van der Waals surface area (Å²) >= 11 is 0. The zero-order valence-electron chi connectivity index (χ0n) is 15.7. The molecule has 0 bridgehead atoms. The average Bonchev–Trinajstić information content (AvgIpc) is 3.32. The number of likely N-dealkylation sites (tertiary alicyclic amines) is 2. The molecule has 0 radical (unpaired) electrons. The molecule has 2 aromatic heterocycles. The number of carbonyl (C=O) groups excluding carboxylic acids is 1. The average molecular weight is 373 g/mol. The van der Waals surface area contributed by atoms with Crippen LogP contribution in [0.1, 0.15) is 22.6 Å². The lowest BCUT2D eigenvalue weighted by Crippen LogP contribution is -2.52. The number of aromatic nitrogens is 3. The molecule has 0 aliphatic carbocycles. The maximum Gasteiger partial charge on any atom is 0.313 e. The Labute approximate surface area is 156 Å². The summed E-state index contributed by atoms with van der Waals surface area (Å²) in [5, 5.41) is 18.0. The van der Waals surface area contributed by atoms with Crippen molar-refractivity contribution in [3.05, 3.63) is 23.7 Å². The smallest absolute Gasteiger partial charge is 0.313 e. The van der Waals surface area contributed by atoms with Crippen LogP contribution < -0.4 is 0 Å². The van der Waals surface area contributed by atoms with Gasteiger partial charge in [0.25, 0.3) is 5.91 Å². The number of hydrogen-bond acceptors (Lipinski definition) is 6. The molecule has 2 fully saturated rings. The van der Waals surface area contributed by atoms with Crippen LogP contribution in [0, 0.1) is 18.3 Å². The van der Waals surface area contributed by atoms with Crippen LogP contribution in [0.15, 0.2) is 16.8 Å². The number of carboxylic acid groups (broad SMARTS) is 1. The first-order valence-corrected chi connectivity index (χ1v) is 8.99. The van der Waals surface area contributed by atoms with Gasteiger partial charge in [-0.05, 0) is 32.9 Å².